The molecule has 0 saturated carbocycles. The Morgan fingerprint density at radius 2 is 1.65 bits per heavy atom. The number of piperidine rings is 1. The summed E-state index contributed by atoms with van der Waals surface area (Å²) in [6, 6.07) is 7.65. The van der Waals surface area contributed by atoms with Gasteiger partial charge in [-0.1, -0.05) is 18.2 Å². The monoisotopic (exact) mass is 563 g/mol. The quantitative estimate of drug-likeness (QED) is 0.305. The molecule has 0 unspecified atom stereocenters. The molecule has 2 amide bonds. The van der Waals surface area contributed by atoms with E-state index in [1.54, 1.807) is 22.6 Å². The number of rotatable bonds is 9. The molecule has 40 heavy (non-hydrogen) atoms. The van der Waals surface area contributed by atoms with Crippen LogP contribution in [0.2, 0.25) is 0 Å². The first-order valence-corrected chi connectivity index (χ1v) is 12.3. The average molecular weight is 564 g/mol. The van der Waals surface area contributed by atoms with Gasteiger partial charge in [0.2, 0.25) is 17.5 Å². The molecule has 3 aromatic rings. The van der Waals surface area contributed by atoms with Crippen LogP contribution in [-0.2, 0) is 21.4 Å². The fraction of sp³-hybridized carbons (Fsp3) is 0.333. The van der Waals surface area contributed by atoms with Gasteiger partial charge < -0.3 is 24.6 Å². The van der Waals surface area contributed by atoms with Gasteiger partial charge in [-0.3, -0.25) is 19.2 Å². The Morgan fingerprint density at radius 3 is 2.25 bits per heavy atom. The van der Waals surface area contributed by atoms with Gasteiger partial charge in [-0.2, -0.15) is 8.78 Å². The summed E-state index contributed by atoms with van der Waals surface area (Å²) in [6.45, 7) is -0.682. The molecule has 4 rings (SSSR count). The number of likely N-dealkylation sites (tertiary alicyclic amines) is 1. The molecule has 1 aliphatic heterocycles. The van der Waals surface area contributed by atoms with E-state index in [2.05, 4.69) is 10.1 Å². The van der Waals surface area contributed by atoms with E-state index in [0.717, 1.165) is 10.9 Å². The Kier molecular flexibility index (Phi) is 8.40. The van der Waals surface area contributed by atoms with Crippen molar-refractivity contribution < 1.29 is 46.6 Å². The van der Waals surface area contributed by atoms with Crippen LogP contribution in [-0.4, -0.2) is 63.9 Å². The number of ketones is 1. The topological polar surface area (TPSA) is 118 Å². The average Bonchev–Trinajstić information content (AvgIpc) is 3.27. The number of carbonyl (C=O) groups is 4. The molecule has 1 saturated heterocycles. The van der Waals surface area contributed by atoms with Crippen LogP contribution in [0.15, 0.2) is 36.4 Å². The van der Waals surface area contributed by atoms with Crippen molar-refractivity contribution in [2.75, 3.05) is 19.7 Å². The summed E-state index contributed by atoms with van der Waals surface area (Å²) in [5.74, 6) is -12.7. The standard InChI is InChI=1S/C27H25F4N3O6/c1-33-19-5-3-2-4-15(19)10-20(33)27(39)34-8-6-14(7-9-34)26(38)32-18(12-22(36)37)21(35)13-40-25-23(30)16(28)11-17(29)24(25)31/h2-5,10-11,14,18H,6-9,12-13H2,1H3,(H,32,38)(H,36,37)/t18-/m0/s1. The number of aliphatic carboxylic acids is 1. The number of hydrogen-bond acceptors (Lipinski definition) is 5. The summed E-state index contributed by atoms with van der Waals surface area (Å²) in [5, 5.41) is 12.4. The van der Waals surface area contributed by atoms with E-state index in [4.69, 9.17) is 0 Å². The fourth-order valence-corrected chi connectivity index (χ4v) is 4.63. The minimum absolute atomic E-state index is 0.0341. The molecule has 1 aromatic heterocycles. The van der Waals surface area contributed by atoms with Gasteiger partial charge in [0.05, 0.1) is 6.42 Å². The highest BCUT2D eigenvalue weighted by molar-refractivity contribution is 5.99. The van der Waals surface area contributed by atoms with Crippen LogP contribution in [0, 0.1) is 29.2 Å². The number of aryl methyl sites for hydroxylation is 1. The largest absolute Gasteiger partial charge is 0.481 e. The van der Waals surface area contributed by atoms with Gasteiger partial charge in [0.1, 0.15) is 18.3 Å². The summed E-state index contributed by atoms with van der Waals surface area (Å²) >= 11 is 0. The van der Waals surface area contributed by atoms with E-state index in [0.29, 0.717) is 5.69 Å². The molecule has 2 N–H and O–H groups in total. The number of carboxylic acids is 1. The number of Topliss-reactive ketones (excluding diaryl/α,β-unsaturated/α-hetero) is 1. The van der Waals surface area contributed by atoms with Crippen molar-refractivity contribution in [3.05, 3.63) is 65.4 Å². The molecule has 1 fully saturated rings. The third-order valence-corrected chi connectivity index (χ3v) is 6.84. The van der Waals surface area contributed by atoms with E-state index in [9.17, 15) is 41.8 Å². The second-order valence-corrected chi connectivity index (χ2v) is 9.43. The molecular weight excluding hydrogens is 538 g/mol. The molecule has 0 spiro atoms. The predicted octanol–water partition coefficient (Wildman–Crippen LogP) is 3.19. The lowest BCUT2D eigenvalue weighted by molar-refractivity contribution is -0.141. The summed E-state index contributed by atoms with van der Waals surface area (Å²) in [7, 11) is 1.78. The number of nitrogens with one attached hydrogen (secondary N) is 1. The van der Waals surface area contributed by atoms with Crippen LogP contribution in [0.25, 0.3) is 10.9 Å². The van der Waals surface area contributed by atoms with Crippen molar-refractivity contribution in [1.29, 1.82) is 0 Å². The van der Waals surface area contributed by atoms with Crippen LogP contribution in [0.4, 0.5) is 17.6 Å². The van der Waals surface area contributed by atoms with Crippen LogP contribution < -0.4 is 10.1 Å². The van der Waals surface area contributed by atoms with Crippen LogP contribution >= 0.6 is 0 Å². The molecule has 1 aliphatic rings. The first-order valence-electron chi connectivity index (χ1n) is 12.3. The number of benzene rings is 2. The zero-order valence-electron chi connectivity index (χ0n) is 21.3. The first kappa shape index (κ1) is 28.6. The van der Waals surface area contributed by atoms with Crippen LogP contribution in [0.1, 0.15) is 29.8 Å². The number of carboxylic acid groups (broad SMARTS) is 1. The molecule has 1 atom stereocenters. The van der Waals surface area contributed by atoms with Crippen LogP contribution in [0.5, 0.6) is 5.75 Å². The van der Waals surface area contributed by atoms with Crippen molar-refractivity contribution in [1.82, 2.24) is 14.8 Å². The molecular formula is C27H25F4N3O6. The fourth-order valence-electron chi connectivity index (χ4n) is 4.63. The summed E-state index contributed by atoms with van der Waals surface area (Å²) in [6.07, 6.45) is -0.384. The first-order chi connectivity index (χ1) is 19.0. The Labute approximate surface area is 225 Å². The Morgan fingerprint density at radius 1 is 1.02 bits per heavy atom. The van der Waals surface area contributed by atoms with Gasteiger partial charge in [0.15, 0.2) is 23.2 Å². The summed E-state index contributed by atoms with van der Waals surface area (Å²) in [4.78, 5) is 51.4. The van der Waals surface area contributed by atoms with Crippen molar-refractivity contribution in [3.8, 4) is 5.75 Å². The SMILES string of the molecule is Cn1c(C(=O)N2CCC(C(=O)N[C@@H](CC(=O)O)C(=O)COc3c(F)c(F)cc(F)c3F)CC2)cc2ccccc21. The van der Waals surface area contributed by atoms with Gasteiger partial charge in [-0.25, -0.2) is 8.78 Å². The molecule has 2 heterocycles. The number of carbonyl (C=O) groups excluding carboxylic acids is 3. The zero-order chi connectivity index (χ0) is 29.1. The Balaban J connectivity index is 1.36. The minimum atomic E-state index is -1.87. The Bertz CT molecular complexity index is 1460. The maximum Gasteiger partial charge on any atom is 0.305 e. The lowest BCUT2D eigenvalue weighted by Gasteiger charge is -2.32. The molecule has 2 aromatic carbocycles. The zero-order valence-corrected chi connectivity index (χ0v) is 21.3. The number of fused-ring (bicyclic) bond motifs is 1. The molecule has 9 nitrogen and oxygen atoms in total. The third-order valence-electron chi connectivity index (χ3n) is 6.84. The lowest BCUT2D eigenvalue weighted by Crippen LogP contribution is -2.49. The maximum absolute atomic E-state index is 13.8. The van der Waals surface area contributed by atoms with Gasteiger partial charge in [0, 0.05) is 43.0 Å². The highest BCUT2D eigenvalue weighted by Gasteiger charge is 2.32. The lowest BCUT2D eigenvalue weighted by atomic mass is 9.94. The van der Waals surface area contributed by atoms with Crippen molar-refractivity contribution in [2.24, 2.45) is 13.0 Å². The van der Waals surface area contributed by atoms with E-state index in [1.165, 1.54) is 0 Å². The van der Waals surface area contributed by atoms with Gasteiger partial charge in [-0.15, -0.1) is 0 Å². The highest BCUT2D eigenvalue weighted by atomic mass is 19.2. The number of halogens is 4. The highest BCUT2D eigenvalue weighted by Crippen LogP contribution is 2.27. The second-order valence-electron chi connectivity index (χ2n) is 9.43. The minimum Gasteiger partial charge on any atom is -0.481 e. The molecule has 212 valence electrons. The summed E-state index contributed by atoms with van der Waals surface area (Å²) < 4.78 is 60.8. The van der Waals surface area contributed by atoms with E-state index < -0.39 is 71.7 Å². The second kappa shape index (κ2) is 11.8. The van der Waals surface area contributed by atoms with Crippen molar-refractivity contribution in [3.63, 3.8) is 0 Å². The summed E-state index contributed by atoms with van der Waals surface area (Å²) in [5.41, 5.74) is 1.38. The third kappa shape index (κ3) is 5.92. The molecule has 0 radical (unpaired) electrons. The number of amides is 2. The maximum atomic E-state index is 13.8. The number of aromatic nitrogens is 1. The van der Waals surface area contributed by atoms with Gasteiger partial charge in [-0.05, 0) is 25.0 Å². The Hall–Kier alpha value is -4.42. The van der Waals surface area contributed by atoms with Gasteiger partial charge >= 0.3 is 5.97 Å². The normalized spacial score (nSPS) is 14.7. The molecule has 0 aliphatic carbocycles. The number of ether oxygens (including phenoxy) is 1. The van der Waals surface area contributed by atoms with E-state index in [-0.39, 0.29) is 37.9 Å². The van der Waals surface area contributed by atoms with Crippen LogP contribution in [0.3, 0.4) is 0 Å². The van der Waals surface area contributed by atoms with E-state index >= 15 is 0 Å². The number of hydrogen-bond donors (Lipinski definition) is 2. The van der Waals surface area contributed by atoms with Gasteiger partial charge in [0.25, 0.3) is 5.91 Å². The predicted molar refractivity (Wildman–Crippen MR) is 133 cm³/mol. The molecule has 13 heteroatoms. The smallest absolute Gasteiger partial charge is 0.305 e. The van der Waals surface area contributed by atoms with Crippen molar-refractivity contribution in [2.45, 2.75) is 25.3 Å². The number of nitrogens with zero attached hydrogens (tertiary/aromatic N) is 2. The van der Waals surface area contributed by atoms with Crippen molar-refractivity contribution >= 4 is 34.5 Å². The van der Waals surface area contributed by atoms with E-state index in [1.807, 2.05) is 24.3 Å². The molecule has 0 bridgehead atoms. The number of para-hydroxylation sites is 1.